The summed E-state index contributed by atoms with van der Waals surface area (Å²) in [4.78, 5) is 0. The molecule has 5 heteroatoms. The maximum Gasteiger partial charge on any atom is 0.167 e. The Hall–Kier alpha value is 0.0300. The first-order valence-corrected chi connectivity index (χ1v) is 4.58. The van der Waals surface area contributed by atoms with Gasteiger partial charge in [0, 0.05) is 12.6 Å². The van der Waals surface area contributed by atoms with Crippen molar-refractivity contribution in [1.82, 2.24) is 10.6 Å². The summed E-state index contributed by atoms with van der Waals surface area (Å²) in [5.74, 6) is 0.187. The van der Waals surface area contributed by atoms with Crippen LogP contribution in [0.15, 0.2) is 0 Å². The van der Waals surface area contributed by atoms with Gasteiger partial charge >= 0.3 is 0 Å². The van der Waals surface area contributed by atoms with Gasteiger partial charge in [-0.2, -0.15) is 0 Å². The highest BCUT2D eigenvalue weighted by Crippen LogP contribution is 1.95. The second-order valence-corrected chi connectivity index (χ2v) is 3.29. The molecule has 2 atom stereocenters. The molecule has 1 rings (SSSR count). The monoisotopic (exact) mass is 164 g/mol. The Kier molecular flexibility index (Phi) is 3.27. The molecular formula is C5H12N2O2S. The van der Waals surface area contributed by atoms with Crippen LogP contribution >= 0.6 is 0 Å². The van der Waals surface area contributed by atoms with Gasteiger partial charge in [-0.15, -0.1) is 0 Å². The van der Waals surface area contributed by atoms with E-state index in [2.05, 4.69) is 10.6 Å². The van der Waals surface area contributed by atoms with E-state index in [1.165, 1.54) is 0 Å². The molecule has 1 heterocycles. The number of hydrogen-bond acceptors (Lipinski definition) is 3. The molecule has 60 valence electrons. The van der Waals surface area contributed by atoms with E-state index in [1.807, 2.05) is 0 Å². The minimum Gasteiger partial charge on any atom is -0.315 e. The molecule has 0 aromatic rings. The molecule has 10 heavy (non-hydrogen) atoms. The number of hydrogen-bond donors (Lipinski definition) is 3. The summed E-state index contributed by atoms with van der Waals surface area (Å²) in [5.41, 5.74) is 0. The molecule has 0 aromatic carbocycles. The minimum absolute atomic E-state index is 0.187. The van der Waals surface area contributed by atoms with E-state index < -0.39 is 11.1 Å². The van der Waals surface area contributed by atoms with Gasteiger partial charge in [0.1, 0.15) is 0 Å². The molecule has 0 aliphatic carbocycles. The van der Waals surface area contributed by atoms with Crippen LogP contribution in [0.2, 0.25) is 0 Å². The molecular weight excluding hydrogens is 152 g/mol. The molecule has 0 spiro atoms. The van der Waals surface area contributed by atoms with E-state index in [-0.39, 0.29) is 5.88 Å². The van der Waals surface area contributed by atoms with Crippen molar-refractivity contribution in [2.45, 2.75) is 12.5 Å². The summed E-state index contributed by atoms with van der Waals surface area (Å²) in [6, 6.07) is 0.385. The van der Waals surface area contributed by atoms with Crippen LogP contribution in [-0.4, -0.2) is 33.8 Å². The highest BCUT2D eigenvalue weighted by molar-refractivity contribution is 7.79. The van der Waals surface area contributed by atoms with Crippen LogP contribution in [-0.2, 0) is 11.1 Å². The second-order valence-electron chi connectivity index (χ2n) is 2.36. The molecule has 3 N–H and O–H groups in total. The van der Waals surface area contributed by atoms with Gasteiger partial charge < -0.3 is 9.87 Å². The molecule has 4 nitrogen and oxygen atoms in total. The first-order valence-electron chi connectivity index (χ1n) is 3.30. The van der Waals surface area contributed by atoms with E-state index in [1.54, 1.807) is 0 Å². The molecule has 0 bridgehead atoms. The first kappa shape index (κ1) is 8.13. The van der Waals surface area contributed by atoms with E-state index >= 15 is 0 Å². The van der Waals surface area contributed by atoms with Crippen molar-refractivity contribution in [1.29, 1.82) is 0 Å². The van der Waals surface area contributed by atoms with Gasteiger partial charge in [-0.3, -0.25) is 5.32 Å². The molecule has 0 saturated carbocycles. The Balaban J connectivity index is 2.07. The predicted molar refractivity (Wildman–Crippen MR) is 40.0 cm³/mol. The summed E-state index contributed by atoms with van der Waals surface area (Å²) in [6.07, 6.45) is 1.05. The lowest BCUT2D eigenvalue weighted by molar-refractivity contribution is 0.535. The first-order chi connectivity index (χ1) is 4.79. The molecule has 0 aromatic heterocycles. The van der Waals surface area contributed by atoms with E-state index in [4.69, 9.17) is 4.55 Å². The van der Waals surface area contributed by atoms with Crippen molar-refractivity contribution in [3.63, 3.8) is 0 Å². The van der Waals surface area contributed by atoms with Crippen LogP contribution in [0, 0.1) is 0 Å². The molecule has 1 aliphatic heterocycles. The number of nitrogens with one attached hydrogen (secondary N) is 2. The van der Waals surface area contributed by atoms with Crippen molar-refractivity contribution >= 4 is 11.1 Å². The highest BCUT2D eigenvalue weighted by Gasteiger charge is 2.13. The van der Waals surface area contributed by atoms with E-state index in [0.717, 1.165) is 19.5 Å². The van der Waals surface area contributed by atoms with Crippen LogP contribution in [0.3, 0.4) is 0 Å². The van der Waals surface area contributed by atoms with Crippen LogP contribution in [0.1, 0.15) is 6.42 Å². The topological polar surface area (TPSA) is 61.4 Å². The summed E-state index contributed by atoms with van der Waals surface area (Å²) in [6.45, 7) is 1.92. The van der Waals surface area contributed by atoms with Gasteiger partial charge in [-0.05, 0) is 13.0 Å². The molecule has 1 fully saturated rings. The lowest BCUT2D eigenvalue weighted by atomic mass is 10.3. The largest absolute Gasteiger partial charge is 0.315 e. The average Bonchev–Trinajstić information content (AvgIpc) is 2.34. The summed E-state index contributed by atoms with van der Waals surface area (Å²) < 4.78 is 18.6. The zero-order chi connectivity index (χ0) is 7.40. The number of rotatable bonds is 3. The Labute approximate surface area is 62.7 Å². The average molecular weight is 164 g/mol. The zero-order valence-corrected chi connectivity index (χ0v) is 6.49. The van der Waals surface area contributed by atoms with E-state index in [9.17, 15) is 4.21 Å². The van der Waals surface area contributed by atoms with E-state index in [0.29, 0.717) is 6.04 Å². The summed E-state index contributed by atoms with van der Waals surface area (Å²) in [5, 5.41) is 6.12. The predicted octanol–water partition coefficient (Wildman–Crippen LogP) is -0.883. The van der Waals surface area contributed by atoms with Crippen molar-refractivity contribution in [3.8, 4) is 0 Å². The smallest absolute Gasteiger partial charge is 0.167 e. The Bertz CT molecular complexity index is 125. The van der Waals surface area contributed by atoms with Gasteiger partial charge in [-0.25, -0.2) is 4.21 Å². The Morgan fingerprint density at radius 2 is 2.60 bits per heavy atom. The van der Waals surface area contributed by atoms with Gasteiger partial charge in [0.2, 0.25) is 0 Å². The maximum atomic E-state index is 10.2. The van der Waals surface area contributed by atoms with Crippen LogP contribution in [0.4, 0.5) is 0 Å². The van der Waals surface area contributed by atoms with Crippen molar-refractivity contribution < 1.29 is 8.76 Å². The summed E-state index contributed by atoms with van der Waals surface area (Å²) >= 11 is -1.70. The highest BCUT2D eigenvalue weighted by atomic mass is 32.2. The van der Waals surface area contributed by atoms with Crippen molar-refractivity contribution in [2.24, 2.45) is 0 Å². The SMILES string of the molecule is O=S(O)CNC1CCNC1. The second kappa shape index (κ2) is 4.02. The van der Waals surface area contributed by atoms with Gasteiger partial charge in [0.25, 0.3) is 0 Å². The summed E-state index contributed by atoms with van der Waals surface area (Å²) in [7, 11) is 0. The standard InChI is InChI=1S/C5H12N2O2S/c8-10(9)4-7-5-1-2-6-3-5/h5-7H,1-4H2,(H,8,9). The molecule has 1 saturated heterocycles. The molecule has 2 unspecified atom stereocenters. The maximum absolute atomic E-state index is 10.2. The van der Waals surface area contributed by atoms with Crippen LogP contribution in [0.5, 0.6) is 0 Å². The molecule has 0 radical (unpaired) electrons. The molecule has 0 amide bonds. The van der Waals surface area contributed by atoms with Gasteiger partial charge in [-0.1, -0.05) is 0 Å². The fourth-order valence-corrected chi connectivity index (χ4v) is 1.40. The quantitative estimate of drug-likeness (QED) is 0.474. The minimum atomic E-state index is -1.70. The lowest BCUT2D eigenvalue weighted by Crippen LogP contribution is -2.33. The third-order valence-corrected chi connectivity index (χ3v) is 1.97. The lowest BCUT2D eigenvalue weighted by Gasteiger charge is -2.07. The third-order valence-electron chi connectivity index (χ3n) is 1.56. The Morgan fingerprint density at radius 3 is 3.10 bits per heavy atom. The van der Waals surface area contributed by atoms with Gasteiger partial charge in [0.05, 0.1) is 5.88 Å². The fraction of sp³-hybridized carbons (Fsp3) is 1.00. The zero-order valence-electron chi connectivity index (χ0n) is 5.67. The molecule has 1 aliphatic rings. The van der Waals surface area contributed by atoms with Crippen LogP contribution in [0.25, 0.3) is 0 Å². The normalized spacial score (nSPS) is 28.7. The van der Waals surface area contributed by atoms with Crippen molar-refractivity contribution in [2.75, 3.05) is 19.0 Å². The Morgan fingerprint density at radius 1 is 1.80 bits per heavy atom. The van der Waals surface area contributed by atoms with Gasteiger partial charge in [0.15, 0.2) is 11.1 Å². The third kappa shape index (κ3) is 2.74. The fourth-order valence-electron chi connectivity index (χ4n) is 1.02. The van der Waals surface area contributed by atoms with Crippen molar-refractivity contribution in [3.05, 3.63) is 0 Å². The van der Waals surface area contributed by atoms with Crippen LogP contribution < -0.4 is 10.6 Å².